The van der Waals surface area contributed by atoms with Gasteiger partial charge in [-0.15, -0.1) is 0 Å². The Morgan fingerprint density at radius 3 is 2.59 bits per heavy atom. The third-order valence-corrected chi connectivity index (χ3v) is 5.01. The summed E-state index contributed by atoms with van der Waals surface area (Å²) < 4.78 is 25.7. The highest BCUT2D eigenvalue weighted by Crippen LogP contribution is 2.31. The van der Waals surface area contributed by atoms with E-state index >= 15 is 0 Å². The van der Waals surface area contributed by atoms with E-state index in [-0.39, 0.29) is 11.6 Å². The molecule has 2 N–H and O–H groups in total. The van der Waals surface area contributed by atoms with Crippen LogP contribution < -0.4 is 10.0 Å². The number of hydrogen-bond acceptors (Lipinski definition) is 4. The standard InChI is InChI=1S/C14H15Cl2N3O2S/c1-2-8-22(20,21)19-13-7-6-10(9-17-13)18-12-5-3-4-11(15)14(12)16/h3-7,9,18H,2,8H2,1H3,(H,17,19). The Bertz CT molecular complexity index is 749. The van der Waals surface area contributed by atoms with Crippen LogP contribution >= 0.6 is 23.2 Å². The summed E-state index contributed by atoms with van der Waals surface area (Å²) in [6.45, 7) is 1.80. The van der Waals surface area contributed by atoms with E-state index < -0.39 is 10.0 Å². The lowest BCUT2D eigenvalue weighted by atomic mass is 10.3. The fourth-order valence-corrected chi connectivity index (χ4v) is 3.19. The molecule has 2 rings (SSSR count). The van der Waals surface area contributed by atoms with Gasteiger partial charge in [0.1, 0.15) is 5.82 Å². The van der Waals surface area contributed by atoms with Gasteiger partial charge in [0.05, 0.1) is 33.4 Å². The number of hydrogen-bond donors (Lipinski definition) is 2. The molecule has 8 heteroatoms. The van der Waals surface area contributed by atoms with Gasteiger partial charge in [-0.3, -0.25) is 4.72 Å². The van der Waals surface area contributed by atoms with Gasteiger partial charge in [0.15, 0.2) is 0 Å². The molecule has 0 radical (unpaired) electrons. The molecule has 2 aromatic rings. The summed E-state index contributed by atoms with van der Waals surface area (Å²) in [5.74, 6) is 0.337. The Hall–Kier alpha value is -1.50. The minimum absolute atomic E-state index is 0.0623. The first-order valence-electron chi connectivity index (χ1n) is 6.59. The number of pyridine rings is 1. The maximum Gasteiger partial charge on any atom is 0.233 e. The van der Waals surface area contributed by atoms with E-state index in [4.69, 9.17) is 23.2 Å². The fraction of sp³-hybridized carbons (Fsp3) is 0.214. The molecule has 0 saturated carbocycles. The SMILES string of the molecule is CCCS(=O)(=O)Nc1ccc(Nc2cccc(Cl)c2Cl)cn1. The second kappa shape index (κ2) is 7.17. The van der Waals surface area contributed by atoms with E-state index in [1.807, 2.05) is 0 Å². The number of nitrogens with one attached hydrogen (secondary N) is 2. The highest BCUT2D eigenvalue weighted by atomic mass is 35.5. The number of halogens is 2. The van der Waals surface area contributed by atoms with Crippen LogP contribution in [-0.4, -0.2) is 19.2 Å². The van der Waals surface area contributed by atoms with Crippen LogP contribution in [0, 0.1) is 0 Å². The summed E-state index contributed by atoms with van der Waals surface area (Å²) in [4.78, 5) is 4.07. The fourth-order valence-electron chi connectivity index (χ4n) is 1.76. The lowest BCUT2D eigenvalue weighted by molar-refractivity contribution is 0.599. The third kappa shape index (κ3) is 4.50. The van der Waals surface area contributed by atoms with Gasteiger partial charge in [-0.25, -0.2) is 13.4 Å². The monoisotopic (exact) mass is 359 g/mol. The van der Waals surface area contributed by atoms with Gasteiger partial charge >= 0.3 is 0 Å². The normalized spacial score (nSPS) is 11.2. The number of anilines is 3. The zero-order valence-electron chi connectivity index (χ0n) is 11.8. The average Bonchev–Trinajstić information content (AvgIpc) is 2.45. The summed E-state index contributed by atoms with van der Waals surface area (Å²) in [6, 6.07) is 8.53. The largest absolute Gasteiger partial charge is 0.353 e. The molecule has 0 aliphatic rings. The van der Waals surface area contributed by atoms with Gasteiger partial charge in [-0.05, 0) is 30.7 Å². The van der Waals surface area contributed by atoms with Crippen LogP contribution in [0.15, 0.2) is 36.5 Å². The molecule has 0 bridgehead atoms. The summed E-state index contributed by atoms with van der Waals surface area (Å²) in [5, 5.41) is 3.93. The van der Waals surface area contributed by atoms with Crippen LogP contribution in [-0.2, 0) is 10.0 Å². The molecule has 1 heterocycles. The smallest absolute Gasteiger partial charge is 0.233 e. The molecule has 0 spiro atoms. The predicted molar refractivity (Wildman–Crippen MR) is 91.7 cm³/mol. The van der Waals surface area contributed by atoms with E-state index in [9.17, 15) is 8.42 Å². The van der Waals surface area contributed by atoms with Crippen molar-refractivity contribution in [3.8, 4) is 0 Å². The molecule has 1 aromatic carbocycles. The zero-order chi connectivity index (χ0) is 16.2. The molecule has 118 valence electrons. The number of sulfonamides is 1. The van der Waals surface area contributed by atoms with Crippen molar-refractivity contribution in [2.24, 2.45) is 0 Å². The Balaban J connectivity index is 2.11. The van der Waals surface area contributed by atoms with Crippen LogP contribution in [0.1, 0.15) is 13.3 Å². The quantitative estimate of drug-likeness (QED) is 0.807. The Morgan fingerprint density at radius 1 is 1.18 bits per heavy atom. The Kier molecular flexibility index (Phi) is 5.50. The highest BCUT2D eigenvalue weighted by molar-refractivity contribution is 7.92. The van der Waals surface area contributed by atoms with Gasteiger partial charge in [0.2, 0.25) is 10.0 Å². The molecule has 0 aliphatic carbocycles. The number of benzene rings is 1. The van der Waals surface area contributed by atoms with Gasteiger partial charge in [-0.1, -0.05) is 36.2 Å². The Labute approximate surface area is 139 Å². The first kappa shape index (κ1) is 16.9. The minimum Gasteiger partial charge on any atom is -0.353 e. The van der Waals surface area contributed by atoms with Crippen LogP contribution in [0.3, 0.4) is 0 Å². The van der Waals surface area contributed by atoms with E-state index in [0.29, 0.717) is 27.8 Å². The molecule has 1 aromatic heterocycles. The summed E-state index contributed by atoms with van der Waals surface area (Å²) in [6.07, 6.45) is 2.06. The van der Waals surface area contributed by atoms with Crippen molar-refractivity contribution in [2.45, 2.75) is 13.3 Å². The van der Waals surface area contributed by atoms with Gasteiger partial charge < -0.3 is 5.32 Å². The topological polar surface area (TPSA) is 71.1 Å². The molecule has 0 atom stereocenters. The lowest BCUT2D eigenvalue weighted by Gasteiger charge is -2.10. The molecule has 5 nitrogen and oxygen atoms in total. The highest BCUT2D eigenvalue weighted by Gasteiger charge is 2.10. The molecule has 0 amide bonds. The third-order valence-electron chi connectivity index (χ3n) is 2.73. The molecule has 22 heavy (non-hydrogen) atoms. The predicted octanol–water partition coefficient (Wildman–Crippen LogP) is 4.28. The van der Waals surface area contributed by atoms with Crippen LogP contribution in [0.25, 0.3) is 0 Å². The summed E-state index contributed by atoms with van der Waals surface area (Å²) in [7, 11) is -3.34. The molecule has 0 saturated heterocycles. The molecular weight excluding hydrogens is 345 g/mol. The maximum absolute atomic E-state index is 11.7. The van der Waals surface area contributed by atoms with E-state index in [2.05, 4.69) is 15.0 Å². The van der Waals surface area contributed by atoms with Crippen molar-refractivity contribution >= 4 is 50.4 Å². The van der Waals surface area contributed by atoms with Crippen molar-refractivity contribution in [3.63, 3.8) is 0 Å². The van der Waals surface area contributed by atoms with Crippen LogP contribution in [0.5, 0.6) is 0 Å². The second-order valence-corrected chi connectivity index (χ2v) is 7.21. The Morgan fingerprint density at radius 2 is 1.95 bits per heavy atom. The average molecular weight is 360 g/mol. The number of rotatable bonds is 6. The lowest BCUT2D eigenvalue weighted by Crippen LogP contribution is -2.16. The van der Waals surface area contributed by atoms with Crippen molar-refractivity contribution in [3.05, 3.63) is 46.6 Å². The number of aromatic nitrogens is 1. The van der Waals surface area contributed by atoms with Gasteiger partial charge in [-0.2, -0.15) is 0 Å². The maximum atomic E-state index is 11.7. The minimum atomic E-state index is -3.34. The van der Waals surface area contributed by atoms with Crippen molar-refractivity contribution in [1.29, 1.82) is 0 Å². The van der Waals surface area contributed by atoms with Crippen LogP contribution in [0.2, 0.25) is 10.0 Å². The second-order valence-electron chi connectivity index (χ2n) is 4.58. The molecule has 0 unspecified atom stereocenters. The first-order valence-corrected chi connectivity index (χ1v) is 8.99. The van der Waals surface area contributed by atoms with E-state index in [1.165, 1.54) is 6.20 Å². The van der Waals surface area contributed by atoms with Gasteiger partial charge in [0, 0.05) is 0 Å². The van der Waals surface area contributed by atoms with Crippen molar-refractivity contribution < 1.29 is 8.42 Å². The van der Waals surface area contributed by atoms with Gasteiger partial charge in [0.25, 0.3) is 0 Å². The van der Waals surface area contributed by atoms with Crippen molar-refractivity contribution in [2.75, 3.05) is 15.8 Å². The van der Waals surface area contributed by atoms with E-state index in [1.54, 1.807) is 37.3 Å². The summed E-state index contributed by atoms with van der Waals surface area (Å²) in [5.41, 5.74) is 1.32. The van der Waals surface area contributed by atoms with Crippen molar-refractivity contribution in [1.82, 2.24) is 4.98 Å². The number of nitrogens with zero attached hydrogens (tertiary/aromatic N) is 1. The molecule has 0 fully saturated rings. The first-order chi connectivity index (χ1) is 10.4. The van der Waals surface area contributed by atoms with E-state index in [0.717, 1.165) is 0 Å². The van der Waals surface area contributed by atoms with Crippen LogP contribution in [0.4, 0.5) is 17.2 Å². The molecular formula is C14H15Cl2N3O2S. The molecule has 0 aliphatic heterocycles. The summed E-state index contributed by atoms with van der Waals surface area (Å²) >= 11 is 12.0. The zero-order valence-corrected chi connectivity index (χ0v) is 14.1.